The van der Waals surface area contributed by atoms with Crippen LogP contribution in [0.5, 0.6) is 0 Å². The second-order valence-electron chi connectivity index (χ2n) is 8.68. The number of hydrogen-bond acceptors (Lipinski definition) is 6. The van der Waals surface area contributed by atoms with Crippen molar-refractivity contribution < 1.29 is 14.3 Å². The van der Waals surface area contributed by atoms with Crippen LogP contribution in [-0.2, 0) is 24.2 Å². The van der Waals surface area contributed by atoms with Gasteiger partial charge in [-0.05, 0) is 44.4 Å². The molecule has 1 aliphatic rings. The highest BCUT2D eigenvalue weighted by molar-refractivity contribution is 7.20. The Morgan fingerprint density at radius 2 is 1.91 bits per heavy atom. The van der Waals surface area contributed by atoms with E-state index < -0.39 is 5.97 Å². The maximum Gasteiger partial charge on any atom is 0.349 e. The largest absolute Gasteiger partial charge is 0.453 e. The Morgan fingerprint density at radius 1 is 1.15 bits per heavy atom. The Bertz CT molecular complexity index is 1490. The average Bonchev–Trinajstić information content (AvgIpc) is 3.51. The molecule has 0 unspecified atom stereocenters. The first-order chi connectivity index (χ1) is 16.3. The Balaban J connectivity index is 1.33. The van der Waals surface area contributed by atoms with Gasteiger partial charge in [0.2, 0.25) is 5.78 Å². The number of fused-ring (bicyclic) bond motifs is 2. The van der Waals surface area contributed by atoms with Gasteiger partial charge in [0, 0.05) is 36.5 Å². The molecular formula is C26H25N3O4S. The Hall–Kier alpha value is -3.52. The van der Waals surface area contributed by atoms with Crippen molar-refractivity contribution in [2.75, 3.05) is 6.61 Å². The molecule has 0 spiro atoms. The third-order valence-electron chi connectivity index (χ3n) is 6.49. The molecule has 3 aromatic heterocycles. The molecule has 0 aliphatic carbocycles. The Kier molecular flexibility index (Phi) is 5.69. The molecule has 0 bridgehead atoms. The smallest absolute Gasteiger partial charge is 0.349 e. The van der Waals surface area contributed by atoms with Crippen molar-refractivity contribution in [1.82, 2.24) is 14.1 Å². The van der Waals surface area contributed by atoms with Crippen molar-refractivity contribution in [2.45, 2.75) is 46.7 Å². The number of ether oxygens (including phenoxy) is 1. The lowest BCUT2D eigenvalue weighted by atomic mass is 10.1. The summed E-state index contributed by atoms with van der Waals surface area (Å²) < 4.78 is 9.16. The van der Waals surface area contributed by atoms with Crippen LogP contribution in [0.1, 0.15) is 54.8 Å². The van der Waals surface area contributed by atoms with Crippen molar-refractivity contribution in [3.63, 3.8) is 0 Å². The first-order valence-corrected chi connectivity index (χ1v) is 12.1. The predicted octanol–water partition coefficient (Wildman–Crippen LogP) is 4.22. The summed E-state index contributed by atoms with van der Waals surface area (Å²) in [7, 11) is 0. The molecule has 0 fully saturated rings. The van der Waals surface area contributed by atoms with Gasteiger partial charge in [-0.1, -0.05) is 30.3 Å². The van der Waals surface area contributed by atoms with Crippen molar-refractivity contribution in [3.05, 3.63) is 85.5 Å². The zero-order chi connectivity index (χ0) is 24.0. The molecule has 1 aliphatic heterocycles. The highest BCUT2D eigenvalue weighted by atomic mass is 32.1. The summed E-state index contributed by atoms with van der Waals surface area (Å²) in [4.78, 5) is 44.1. The molecule has 0 atom stereocenters. The summed E-state index contributed by atoms with van der Waals surface area (Å²) >= 11 is 1.16. The average molecular weight is 476 g/mol. The van der Waals surface area contributed by atoms with E-state index in [0.717, 1.165) is 47.0 Å². The third-order valence-corrected chi connectivity index (χ3v) is 7.65. The van der Waals surface area contributed by atoms with Gasteiger partial charge >= 0.3 is 5.97 Å². The highest BCUT2D eigenvalue weighted by Gasteiger charge is 2.25. The van der Waals surface area contributed by atoms with Gasteiger partial charge in [0.15, 0.2) is 6.61 Å². The van der Waals surface area contributed by atoms with E-state index in [2.05, 4.69) is 9.55 Å². The van der Waals surface area contributed by atoms with Crippen LogP contribution in [0.3, 0.4) is 0 Å². The minimum absolute atomic E-state index is 0.104. The molecular weight excluding hydrogens is 450 g/mol. The van der Waals surface area contributed by atoms with Gasteiger partial charge in [-0.2, -0.15) is 0 Å². The lowest BCUT2D eigenvalue weighted by Crippen LogP contribution is -2.20. The molecule has 34 heavy (non-hydrogen) atoms. The summed E-state index contributed by atoms with van der Waals surface area (Å²) in [5.41, 5.74) is 3.96. The fraction of sp³-hybridized carbons (Fsp3) is 0.308. The number of Topliss-reactive ketones (excluding diaryl/α,β-unsaturated/α-hetero) is 1. The number of nitrogens with zero attached hydrogens (tertiary/aromatic N) is 3. The molecule has 0 saturated carbocycles. The van der Waals surface area contributed by atoms with E-state index in [4.69, 9.17) is 4.74 Å². The maximum absolute atomic E-state index is 12.9. The highest BCUT2D eigenvalue weighted by Crippen LogP contribution is 2.29. The van der Waals surface area contributed by atoms with Gasteiger partial charge in [0.05, 0.1) is 5.39 Å². The van der Waals surface area contributed by atoms with E-state index >= 15 is 0 Å². The Labute approximate surface area is 200 Å². The molecule has 0 saturated heterocycles. The van der Waals surface area contributed by atoms with Crippen LogP contribution in [-0.4, -0.2) is 32.5 Å². The van der Waals surface area contributed by atoms with Crippen LogP contribution >= 0.6 is 11.3 Å². The fourth-order valence-corrected chi connectivity index (χ4v) is 5.72. The first-order valence-electron chi connectivity index (χ1n) is 11.3. The molecule has 5 rings (SSSR count). The number of carbonyl (C=O) groups is 2. The van der Waals surface area contributed by atoms with E-state index in [-0.39, 0.29) is 17.9 Å². The second-order valence-corrected chi connectivity index (χ2v) is 9.68. The zero-order valence-electron chi connectivity index (χ0n) is 19.4. The van der Waals surface area contributed by atoms with Gasteiger partial charge in [0.1, 0.15) is 15.5 Å². The van der Waals surface area contributed by atoms with E-state index in [1.165, 1.54) is 0 Å². The summed E-state index contributed by atoms with van der Waals surface area (Å²) in [6.07, 6.45) is 1.67. The lowest BCUT2D eigenvalue weighted by Gasteiger charge is -2.10. The number of carbonyl (C=O) groups excluding carboxylic acids is 2. The summed E-state index contributed by atoms with van der Waals surface area (Å²) in [5.74, 6) is -0.0899. The van der Waals surface area contributed by atoms with E-state index in [1.807, 2.05) is 50.2 Å². The van der Waals surface area contributed by atoms with Crippen LogP contribution in [0.2, 0.25) is 0 Å². The number of aromatic nitrogens is 3. The van der Waals surface area contributed by atoms with Crippen molar-refractivity contribution >= 4 is 33.3 Å². The van der Waals surface area contributed by atoms with E-state index in [0.29, 0.717) is 39.3 Å². The quantitative estimate of drug-likeness (QED) is 0.308. The van der Waals surface area contributed by atoms with Gasteiger partial charge in [-0.15, -0.1) is 11.3 Å². The van der Waals surface area contributed by atoms with Crippen LogP contribution in [0, 0.1) is 20.8 Å². The molecule has 7 nitrogen and oxygen atoms in total. The van der Waals surface area contributed by atoms with Crippen LogP contribution in [0.15, 0.2) is 41.2 Å². The molecule has 4 aromatic rings. The van der Waals surface area contributed by atoms with Gasteiger partial charge in [0.25, 0.3) is 5.56 Å². The van der Waals surface area contributed by atoms with Gasteiger partial charge < -0.3 is 9.30 Å². The zero-order valence-corrected chi connectivity index (χ0v) is 20.2. The standard InChI is InChI=1S/C26H25N3O4S/c1-15-12-19(17(3)29(15)13-18-8-5-4-6-9-18)20(30)14-33-26(32)23-16(2)22-24(34-23)27-21-10-7-11-28(21)25(22)31/h4-6,8-9,12H,7,10-11,13-14H2,1-3H3. The van der Waals surface area contributed by atoms with Gasteiger partial charge in [-0.3, -0.25) is 14.2 Å². The molecule has 0 N–H and O–H groups in total. The number of aryl methyl sites for hydroxylation is 3. The second kappa shape index (κ2) is 8.68. The Morgan fingerprint density at radius 3 is 2.68 bits per heavy atom. The van der Waals surface area contributed by atoms with Crippen molar-refractivity contribution in [1.29, 1.82) is 0 Å². The summed E-state index contributed by atoms with van der Waals surface area (Å²) in [6.45, 7) is 6.56. The van der Waals surface area contributed by atoms with Crippen molar-refractivity contribution in [2.24, 2.45) is 0 Å². The van der Waals surface area contributed by atoms with Crippen LogP contribution in [0.25, 0.3) is 10.2 Å². The summed E-state index contributed by atoms with van der Waals surface area (Å²) in [6, 6.07) is 11.9. The lowest BCUT2D eigenvalue weighted by molar-refractivity contribution is 0.0479. The first kappa shape index (κ1) is 22.3. The molecule has 174 valence electrons. The predicted molar refractivity (Wildman–Crippen MR) is 131 cm³/mol. The number of hydrogen-bond donors (Lipinski definition) is 0. The molecule has 0 radical (unpaired) electrons. The van der Waals surface area contributed by atoms with Crippen LogP contribution < -0.4 is 5.56 Å². The minimum Gasteiger partial charge on any atom is -0.453 e. The SMILES string of the molecule is Cc1c(C(=O)OCC(=O)c2cc(C)n(Cc3ccccc3)c2C)sc2nc3n(c(=O)c12)CCC3. The number of rotatable bonds is 6. The monoisotopic (exact) mass is 475 g/mol. The summed E-state index contributed by atoms with van der Waals surface area (Å²) in [5, 5.41) is 0.471. The topological polar surface area (TPSA) is 83.2 Å². The van der Waals surface area contributed by atoms with E-state index in [9.17, 15) is 14.4 Å². The fourth-order valence-electron chi connectivity index (χ4n) is 4.64. The number of ketones is 1. The molecule has 4 heterocycles. The van der Waals surface area contributed by atoms with E-state index in [1.54, 1.807) is 11.5 Å². The van der Waals surface area contributed by atoms with Crippen molar-refractivity contribution in [3.8, 4) is 0 Å². The number of esters is 1. The minimum atomic E-state index is -0.600. The third kappa shape index (κ3) is 3.77. The van der Waals surface area contributed by atoms with Crippen LogP contribution in [0.4, 0.5) is 0 Å². The molecule has 1 aromatic carbocycles. The maximum atomic E-state index is 12.9. The molecule has 0 amide bonds. The normalized spacial score (nSPS) is 12.8. The number of thiophene rings is 1. The number of benzene rings is 1. The van der Waals surface area contributed by atoms with Gasteiger partial charge in [-0.25, -0.2) is 9.78 Å². The molecule has 8 heteroatoms.